The number of primary amides is 1. The van der Waals surface area contributed by atoms with Gasteiger partial charge in [-0.25, -0.2) is 29.9 Å². The molecule has 32 heteroatoms. The number of aromatic amines is 1. The minimum absolute atomic E-state index is 0.0718. The Balaban J connectivity index is 0.000000204. The van der Waals surface area contributed by atoms with Gasteiger partial charge in [-0.05, 0) is 129 Å². The van der Waals surface area contributed by atoms with Crippen molar-refractivity contribution in [1.29, 1.82) is 0 Å². The van der Waals surface area contributed by atoms with Crippen LogP contribution >= 0.6 is 78.3 Å². The molecule has 0 saturated heterocycles. The van der Waals surface area contributed by atoms with Crippen LogP contribution in [0, 0.1) is 47.4 Å². The molecule has 3 unspecified atom stereocenters. The summed E-state index contributed by atoms with van der Waals surface area (Å²) >= 11 is 30.0. The van der Waals surface area contributed by atoms with Crippen molar-refractivity contribution in [3.63, 3.8) is 0 Å². The van der Waals surface area contributed by atoms with E-state index in [2.05, 4.69) is 141 Å². The van der Waals surface area contributed by atoms with Gasteiger partial charge in [0.25, 0.3) is 45.9 Å². The molecule has 10 N–H and O–H groups in total. The van der Waals surface area contributed by atoms with Crippen LogP contribution in [0.4, 0.5) is 28.8 Å². The highest BCUT2D eigenvalue weighted by atomic mass is 79.9. The van der Waals surface area contributed by atoms with Crippen molar-refractivity contribution < 1.29 is 24.0 Å². The number of Topliss-reactive ketones (excluding diaryl/α,β-unsaturated/α-hetero) is 1. The summed E-state index contributed by atoms with van der Waals surface area (Å²) in [6, 6.07) is 10.4. The van der Waals surface area contributed by atoms with Crippen LogP contribution in [0.3, 0.4) is 0 Å². The van der Waals surface area contributed by atoms with Gasteiger partial charge in [-0.3, -0.25) is 56.9 Å². The van der Waals surface area contributed by atoms with E-state index in [1.54, 1.807) is 85.3 Å². The summed E-state index contributed by atoms with van der Waals surface area (Å²) in [6.07, 6.45) is 8.80. The fourth-order valence-corrected chi connectivity index (χ4v) is 10.0. The Morgan fingerprint density at radius 1 is 0.557 bits per heavy atom. The smallest absolute Gasteiger partial charge is 0.277 e. The van der Waals surface area contributed by atoms with E-state index in [4.69, 9.17) is 57.9 Å². The molecule has 3 aliphatic heterocycles. The lowest BCUT2D eigenvalue weighted by atomic mass is 10.2. The van der Waals surface area contributed by atoms with E-state index in [1.807, 2.05) is 0 Å². The third-order valence-corrected chi connectivity index (χ3v) is 13.7. The Hall–Kier alpha value is -9.65. The van der Waals surface area contributed by atoms with E-state index in [9.17, 15) is 43.2 Å². The van der Waals surface area contributed by atoms with Crippen LogP contribution in [0.2, 0.25) is 20.1 Å². The standard InChI is InChI=1S/2C15H12ClN5O2.C11H8BrClN2O2.C6H4BrClN2O2.C5H6O.C4H5N3/c2*1-3-5-15(2)20-13(22)12-9(16)7-10(14(23)21(12)15)19-11-4-6-17-8-18-11;1-3-4-11(2)14-9(16)8-7(13)5-6(12)10(17)15(8)11;7-2-1-3(8)4(5(9)11)10-6(2)12;1-3-4-5(2)6;5-4-1-2-6-3-7-4/h2*4,6-8H,1-2H3,(H,20,22)(H,17,18,19);5H,1-2H3,(H,14,16);1H,(H2,9,11)(H,10,12);1-2H3;1-3H,(H2,5,6,7). The highest BCUT2D eigenvalue weighted by Gasteiger charge is 2.43. The van der Waals surface area contributed by atoms with Crippen LogP contribution < -0.4 is 60.3 Å². The summed E-state index contributed by atoms with van der Waals surface area (Å²) in [6.45, 7) is 12.9. The minimum atomic E-state index is -1.15. The Morgan fingerprint density at radius 3 is 1.24 bits per heavy atom. The lowest BCUT2D eigenvalue weighted by Gasteiger charge is -2.21. The maximum absolute atomic E-state index is 12.8. The molecule has 0 radical (unpaired) electrons. The molecule has 452 valence electrons. The number of amides is 4. The Bertz CT molecular complexity index is 4280. The van der Waals surface area contributed by atoms with Gasteiger partial charge in [-0.15, -0.1) is 17.8 Å². The summed E-state index contributed by atoms with van der Waals surface area (Å²) < 4.78 is 4.36. The van der Waals surface area contributed by atoms with Crippen LogP contribution in [0.1, 0.15) is 97.3 Å². The molecule has 0 spiro atoms. The van der Waals surface area contributed by atoms with Crippen LogP contribution in [-0.4, -0.2) is 78.0 Å². The number of aromatic nitrogens is 10. The van der Waals surface area contributed by atoms with E-state index >= 15 is 0 Å². The number of nitrogen functional groups attached to an aromatic ring is 1. The minimum Gasteiger partial charge on any atom is -0.384 e. The topological polar surface area (TPSA) is 374 Å². The van der Waals surface area contributed by atoms with Crippen molar-refractivity contribution >= 4 is 137 Å². The molecular formula is C56H47Br2Cl4N17O9. The molecule has 0 saturated carbocycles. The van der Waals surface area contributed by atoms with Crippen molar-refractivity contribution in [3.8, 4) is 47.4 Å². The summed E-state index contributed by atoms with van der Waals surface area (Å²) in [4.78, 5) is 130. The highest BCUT2D eigenvalue weighted by molar-refractivity contribution is 9.10. The molecule has 3 aliphatic rings. The van der Waals surface area contributed by atoms with Gasteiger partial charge < -0.3 is 43.0 Å². The van der Waals surface area contributed by atoms with Gasteiger partial charge in [0.15, 0.2) is 17.0 Å². The molecule has 0 aliphatic carbocycles. The summed E-state index contributed by atoms with van der Waals surface area (Å²) in [5, 5.41) is 14.4. The average Bonchev–Trinajstić information content (AvgIpc) is 1.71. The second-order valence-electron chi connectivity index (χ2n) is 17.9. The summed E-state index contributed by atoms with van der Waals surface area (Å²) in [5.74, 6) is 20.7. The van der Waals surface area contributed by atoms with Crippen molar-refractivity contribution in [2.24, 2.45) is 5.73 Å². The number of nitrogens with one attached hydrogen (secondary N) is 6. The van der Waals surface area contributed by atoms with E-state index in [0.717, 1.165) is 0 Å². The number of hydrogen-bond donors (Lipinski definition) is 8. The zero-order valence-corrected chi connectivity index (χ0v) is 53.3. The van der Waals surface area contributed by atoms with Gasteiger partial charge >= 0.3 is 0 Å². The van der Waals surface area contributed by atoms with Gasteiger partial charge in [-0.2, -0.15) is 0 Å². The first-order valence-corrected chi connectivity index (χ1v) is 27.8. The third kappa shape index (κ3) is 16.4. The van der Waals surface area contributed by atoms with Gasteiger partial charge in [0, 0.05) is 25.5 Å². The zero-order chi connectivity index (χ0) is 65.4. The Labute approximate surface area is 536 Å². The predicted molar refractivity (Wildman–Crippen MR) is 338 cm³/mol. The quantitative estimate of drug-likeness (QED) is 0.0702. The van der Waals surface area contributed by atoms with E-state index < -0.39 is 57.3 Å². The van der Waals surface area contributed by atoms with Crippen LogP contribution in [-0.2, 0) is 21.8 Å². The normalized spacial score (nSPS) is 16.3. The van der Waals surface area contributed by atoms with Gasteiger partial charge in [0.2, 0.25) is 5.78 Å². The van der Waals surface area contributed by atoms with E-state index in [0.29, 0.717) is 21.9 Å². The lowest BCUT2D eigenvalue weighted by molar-refractivity contribution is -0.111. The first-order valence-electron chi connectivity index (χ1n) is 24.7. The number of nitrogens with zero attached hydrogens (tertiary/aromatic N) is 9. The number of halogens is 6. The number of nitrogens with two attached hydrogens (primary N) is 2. The van der Waals surface area contributed by atoms with Crippen molar-refractivity contribution in [2.75, 3.05) is 16.4 Å². The molecule has 3 atom stereocenters. The predicted octanol–water partition coefficient (Wildman–Crippen LogP) is 6.20. The van der Waals surface area contributed by atoms with Crippen LogP contribution in [0.25, 0.3) is 0 Å². The number of pyridine rings is 4. The molecule has 0 aromatic carbocycles. The number of anilines is 5. The number of rotatable bonds is 5. The largest absolute Gasteiger partial charge is 0.384 e. The van der Waals surface area contributed by atoms with E-state index in [1.165, 1.54) is 63.9 Å². The number of H-pyrrole nitrogens is 1. The Morgan fingerprint density at radius 2 is 0.932 bits per heavy atom. The first kappa shape index (κ1) is 69.1. The lowest BCUT2D eigenvalue weighted by Crippen LogP contribution is -2.43. The molecule has 0 fully saturated rings. The average molecular weight is 1400 g/mol. The second-order valence-corrected chi connectivity index (χ2v) is 21.2. The third-order valence-electron chi connectivity index (χ3n) is 11.4. The molecule has 7 aromatic rings. The van der Waals surface area contributed by atoms with Gasteiger partial charge in [-0.1, -0.05) is 70.1 Å². The fraction of sp³-hybridized carbons (Fsp3) is 0.196. The number of carbonyl (C=O) groups is 5. The highest BCUT2D eigenvalue weighted by Crippen LogP contribution is 2.31. The van der Waals surface area contributed by atoms with E-state index in [-0.39, 0.29) is 70.1 Å². The fourth-order valence-electron chi connectivity index (χ4n) is 7.96. The second kappa shape index (κ2) is 30.1. The summed E-state index contributed by atoms with van der Waals surface area (Å²) in [7, 11) is 0. The van der Waals surface area contributed by atoms with Crippen LogP contribution in [0.15, 0.2) is 108 Å². The van der Waals surface area contributed by atoms with Gasteiger partial charge in [0.1, 0.15) is 70.6 Å². The SMILES string of the molecule is CC#CC(C)=O.CC#CC1(C)NC(=O)c2c(Cl)cc(Br)c(=O)n21.CC#CC1(C)NC(=O)c2c(Cl)cc(Nc3ccncn3)c(=O)n21.CC#CC1(C)NC(=O)c2c(Cl)cc(Nc3ccncn3)c(=O)n21.NC(=O)c1[nH]c(=O)c(Br)cc1Cl.Nc1ccncn1. The Kier molecular flexibility index (Phi) is 23.7. The number of carbonyl (C=O) groups excluding carboxylic acids is 5. The molecule has 10 heterocycles. The number of ketones is 1. The maximum atomic E-state index is 12.8. The molecular weight excluding hydrogens is 1360 g/mol. The number of hydrogen-bond acceptors (Lipinski definition) is 18. The molecule has 7 aromatic heterocycles. The number of fused-ring (bicyclic) bond motifs is 3. The molecule has 0 bridgehead atoms. The molecule has 10 rings (SSSR count). The maximum Gasteiger partial charge on any atom is 0.277 e. The monoisotopic (exact) mass is 1400 g/mol. The molecule has 26 nitrogen and oxygen atoms in total. The zero-order valence-electron chi connectivity index (χ0n) is 47.1. The van der Waals surface area contributed by atoms with Crippen molar-refractivity contribution in [1.82, 2.24) is 64.5 Å². The first-order chi connectivity index (χ1) is 41.5. The van der Waals surface area contributed by atoms with Gasteiger partial charge in [0.05, 0.1) is 29.0 Å². The van der Waals surface area contributed by atoms with Crippen molar-refractivity contribution in [3.05, 3.63) is 173 Å². The molecule has 88 heavy (non-hydrogen) atoms. The molecule has 4 amide bonds. The summed E-state index contributed by atoms with van der Waals surface area (Å²) in [5.41, 5.74) is 5.80. The van der Waals surface area contributed by atoms with Crippen LogP contribution in [0.5, 0.6) is 0 Å². The van der Waals surface area contributed by atoms with Crippen molar-refractivity contribution in [2.45, 2.75) is 72.4 Å².